The average molecular weight is 410 g/mol. The van der Waals surface area contributed by atoms with E-state index in [0.717, 1.165) is 51.9 Å². The van der Waals surface area contributed by atoms with E-state index in [0.29, 0.717) is 0 Å². The highest BCUT2D eigenvalue weighted by Gasteiger charge is 2.28. The van der Waals surface area contributed by atoms with Gasteiger partial charge in [0.15, 0.2) is 5.96 Å². The molecule has 0 radical (unpaired) electrons. The van der Waals surface area contributed by atoms with Crippen LogP contribution in [0.4, 0.5) is 0 Å². The van der Waals surface area contributed by atoms with E-state index in [1.165, 1.54) is 25.7 Å². The van der Waals surface area contributed by atoms with Crippen LogP contribution in [0.2, 0.25) is 0 Å². The maximum atomic E-state index is 6.19. The van der Waals surface area contributed by atoms with Crippen molar-refractivity contribution in [1.29, 1.82) is 0 Å². The monoisotopic (exact) mass is 410 g/mol. The van der Waals surface area contributed by atoms with E-state index in [4.69, 9.17) is 10.5 Å². The van der Waals surface area contributed by atoms with Crippen LogP contribution < -0.4 is 5.73 Å². The van der Waals surface area contributed by atoms with Gasteiger partial charge in [-0.15, -0.1) is 24.0 Å². The maximum absolute atomic E-state index is 6.19. The third-order valence-electron chi connectivity index (χ3n) is 4.43. The van der Waals surface area contributed by atoms with Crippen LogP contribution in [-0.4, -0.2) is 67.2 Å². The standard InChI is InChI=1S/C15H30N4O.HI/c1-15(2,19-9-11-20-12-10-19)13-17-14(16)18-7-5-3-4-6-8-18;/h3-13H2,1-2H3,(H2,16,17);1H. The summed E-state index contributed by atoms with van der Waals surface area (Å²) in [5.74, 6) is 0.730. The quantitative estimate of drug-likeness (QED) is 0.439. The molecule has 6 heteroatoms. The Labute approximate surface area is 146 Å². The lowest BCUT2D eigenvalue weighted by atomic mass is 10.0. The van der Waals surface area contributed by atoms with Gasteiger partial charge < -0.3 is 15.4 Å². The molecule has 0 aliphatic carbocycles. The van der Waals surface area contributed by atoms with Crippen LogP contribution in [0.3, 0.4) is 0 Å². The molecule has 0 saturated carbocycles. The second-order valence-corrected chi connectivity index (χ2v) is 6.49. The molecular weight excluding hydrogens is 379 g/mol. The number of hydrogen-bond donors (Lipinski definition) is 1. The van der Waals surface area contributed by atoms with Gasteiger partial charge in [0.1, 0.15) is 0 Å². The molecule has 5 nitrogen and oxygen atoms in total. The van der Waals surface area contributed by atoms with Crippen molar-refractivity contribution in [3.63, 3.8) is 0 Å². The summed E-state index contributed by atoms with van der Waals surface area (Å²) in [7, 11) is 0. The summed E-state index contributed by atoms with van der Waals surface area (Å²) in [5, 5.41) is 0. The van der Waals surface area contributed by atoms with E-state index in [1.54, 1.807) is 0 Å². The Kier molecular flexibility index (Phi) is 8.26. The van der Waals surface area contributed by atoms with Gasteiger partial charge in [-0.1, -0.05) is 12.8 Å². The van der Waals surface area contributed by atoms with Crippen LogP contribution in [0.1, 0.15) is 39.5 Å². The number of nitrogens with zero attached hydrogens (tertiary/aromatic N) is 3. The Morgan fingerprint density at radius 2 is 1.62 bits per heavy atom. The summed E-state index contributed by atoms with van der Waals surface area (Å²) in [6, 6.07) is 0. The topological polar surface area (TPSA) is 54.1 Å². The number of ether oxygens (including phenoxy) is 1. The number of rotatable bonds is 3. The predicted molar refractivity (Wildman–Crippen MR) is 98.4 cm³/mol. The van der Waals surface area contributed by atoms with Gasteiger partial charge >= 0.3 is 0 Å². The first-order chi connectivity index (χ1) is 9.59. The number of nitrogens with two attached hydrogens (primary N) is 1. The van der Waals surface area contributed by atoms with Gasteiger partial charge in [-0.3, -0.25) is 9.89 Å². The van der Waals surface area contributed by atoms with Gasteiger partial charge in [0, 0.05) is 31.7 Å². The van der Waals surface area contributed by atoms with Gasteiger partial charge in [-0.05, 0) is 26.7 Å². The first-order valence-corrected chi connectivity index (χ1v) is 7.97. The van der Waals surface area contributed by atoms with Gasteiger partial charge in [-0.2, -0.15) is 0 Å². The molecule has 0 atom stereocenters. The van der Waals surface area contributed by atoms with Crippen molar-refractivity contribution in [2.24, 2.45) is 10.7 Å². The molecule has 0 unspecified atom stereocenters. The molecule has 2 rings (SSSR count). The van der Waals surface area contributed by atoms with Crippen LogP contribution in [0.25, 0.3) is 0 Å². The lowest BCUT2D eigenvalue weighted by Crippen LogP contribution is -2.52. The lowest BCUT2D eigenvalue weighted by molar-refractivity contribution is -0.00687. The third-order valence-corrected chi connectivity index (χ3v) is 4.43. The maximum Gasteiger partial charge on any atom is 0.191 e. The number of morpholine rings is 1. The van der Waals surface area contributed by atoms with Crippen molar-refractivity contribution >= 4 is 29.9 Å². The normalized spacial score (nSPS) is 22.6. The zero-order valence-corrected chi connectivity index (χ0v) is 15.8. The summed E-state index contributed by atoms with van der Waals surface area (Å²) < 4.78 is 5.42. The molecule has 2 N–H and O–H groups in total. The largest absolute Gasteiger partial charge is 0.379 e. The molecule has 2 aliphatic rings. The molecule has 0 aromatic heterocycles. The molecule has 124 valence electrons. The van der Waals surface area contributed by atoms with E-state index < -0.39 is 0 Å². The van der Waals surface area contributed by atoms with Crippen molar-refractivity contribution < 1.29 is 4.74 Å². The Bertz CT molecular complexity index is 322. The van der Waals surface area contributed by atoms with Gasteiger partial charge in [0.05, 0.1) is 19.8 Å². The molecule has 0 spiro atoms. The molecule has 21 heavy (non-hydrogen) atoms. The molecule has 2 saturated heterocycles. The molecule has 0 aromatic rings. The zero-order valence-electron chi connectivity index (χ0n) is 13.5. The smallest absolute Gasteiger partial charge is 0.191 e. The fraction of sp³-hybridized carbons (Fsp3) is 0.933. The van der Waals surface area contributed by atoms with Crippen LogP contribution in [0, 0.1) is 0 Å². The fourth-order valence-electron chi connectivity index (χ4n) is 2.94. The van der Waals surface area contributed by atoms with Gasteiger partial charge in [-0.25, -0.2) is 0 Å². The third kappa shape index (κ3) is 5.90. The molecule has 2 fully saturated rings. The van der Waals surface area contributed by atoms with Gasteiger partial charge in [0.25, 0.3) is 0 Å². The molecule has 2 aliphatic heterocycles. The number of hydrogen-bond acceptors (Lipinski definition) is 3. The number of halogens is 1. The van der Waals surface area contributed by atoms with Crippen LogP contribution in [0.5, 0.6) is 0 Å². The average Bonchev–Trinajstić information content (AvgIpc) is 2.75. The SMILES string of the molecule is CC(C)(CN=C(N)N1CCCCCC1)N1CCOCC1.I. The zero-order chi connectivity index (χ0) is 14.4. The molecule has 0 aromatic carbocycles. The molecular formula is C15H31IN4O. The summed E-state index contributed by atoms with van der Waals surface area (Å²) in [5.41, 5.74) is 6.24. The minimum absolute atomic E-state index is 0. The Hall–Kier alpha value is -0.0800. The van der Waals surface area contributed by atoms with Crippen LogP contribution in [-0.2, 0) is 4.74 Å². The highest BCUT2D eigenvalue weighted by Crippen LogP contribution is 2.17. The predicted octanol–water partition coefficient (Wildman–Crippen LogP) is 1.91. The highest BCUT2D eigenvalue weighted by molar-refractivity contribution is 14.0. The summed E-state index contributed by atoms with van der Waals surface area (Å²) in [4.78, 5) is 9.38. The van der Waals surface area contributed by atoms with Crippen molar-refractivity contribution in [3.05, 3.63) is 0 Å². The van der Waals surface area contributed by atoms with Gasteiger partial charge in [0.2, 0.25) is 0 Å². The Morgan fingerprint density at radius 3 is 2.19 bits per heavy atom. The van der Waals surface area contributed by atoms with Crippen molar-refractivity contribution in [3.8, 4) is 0 Å². The number of likely N-dealkylation sites (tertiary alicyclic amines) is 1. The van der Waals surface area contributed by atoms with E-state index in [9.17, 15) is 0 Å². The molecule has 0 bridgehead atoms. The number of aliphatic imine (C=N–C) groups is 1. The summed E-state index contributed by atoms with van der Waals surface area (Å²) in [6.07, 6.45) is 5.12. The van der Waals surface area contributed by atoms with Crippen LogP contribution >= 0.6 is 24.0 Å². The minimum atomic E-state index is 0. The minimum Gasteiger partial charge on any atom is -0.379 e. The fourth-order valence-corrected chi connectivity index (χ4v) is 2.94. The summed E-state index contributed by atoms with van der Waals surface area (Å²) >= 11 is 0. The molecule has 2 heterocycles. The second-order valence-electron chi connectivity index (χ2n) is 6.49. The molecule has 0 amide bonds. The summed E-state index contributed by atoms with van der Waals surface area (Å²) in [6.45, 7) is 11.0. The first-order valence-electron chi connectivity index (χ1n) is 7.97. The lowest BCUT2D eigenvalue weighted by Gasteiger charge is -2.40. The first kappa shape index (κ1) is 19.0. The Morgan fingerprint density at radius 1 is 1.05 bits per heavy atom. The highest BCUT2D eigenvalue weighted by atomic mass is 127. The van der Waals surface area contributed by atoms with E-state index in [1.807, 2.05) is 0 Å². The van der Waals surface area contributed by atoms with E-state index >= 15 is 0 Å². The van der Waals surface area contributed by atoms with Crippen LogP contribution in [0.15, 0.2) is 4.99 Å². The van der Waals surface area contributed by atoms with Crippen molar-refractivity contribution in [1.82, 2.24) is 9.80 Å². The number of guanidine groups is 1. The van der Waals surface area contributed by atoms with E-state index in [-0.39, 0.29) is 29.5 Å². The second kappa shape index (κ2) is 9.15. The van der Waals surface area contributed by atoms with Crippen molar-refractivity contribution in [2.45, 2.75) is 45.1 Å². The van der Waals surface area contributed by atoms with E-state index in [2.05, 4.69) is 28.6 Å². The van der Waals surface area contributed by atoms with Crippen molar-refractivity contribution in [2.75, 3.05) is 45.9 Å². The Balaban J connectivity index is 0.00000220.